The molecule has 1 aromatic rings. The van der Waals surface area contributed by atoms with Crippen LogP contribution in [0.4, 0.5) is 0 Å². The Labute approximate surface area is 108 Å². The van der Waals surface area contributed by atoms with E-state index in [0.29, 0.717) is 17.3 Å². The van der Waals surface area contributed by atoms with Gasteiger partial charge in [-0.05, 0) is 37.6 Å². The van der Waals surface area contributed by atoms with Crippen molar-refractivity contribution in [1.82, 2.24) is 5.32 Å². The van der Waals surface area contributed by atoms with Crippen molar-refractivity contribution in [3.8, 4) is 5.75 Å². The Morgan fingerprint density at radius 2 is 2.06 bits per heavy atom. The van der Waals surface area contributed by atoms with Crippen molar-refractivity contribution in [2.45, 2.75) is 27.7 Å². The molecule has 4 heteroatoms. The molecule has 1 N–H and O–H groups in total. The summed E-state index contributed by atoms with van der Waals surface area (Å²) in [6, 6.07) is 5.30. The molecule has 17 heavy (non-hydrogen) atoms. The smallest absolute Gasteiger partial charge is 0.257 e. The van der Waals surface area contributed by atoms with Gasteiger partial charge in [0.2, 0.25) is 0 Å². The molecule has 96 valence electrons. The summed E-state index contributed by atoms with van der Waals surface area (Å²) in [5, 5.41) is 3.32. The van der Waals surface area contributed by atoms with E-state index in [0.717, 1.165) is 5.56 Å². The zero-order chi connectivity index (χ0) is 13.3. The number of hydrogen-bond acceptors (Lipinski definition) is 2. The fourth-order valence-corrected chi connectivity index (χ4v) is 1.39. The van der Waals surface area contributed by atoms with E-state index in [9.17, 15) is 4.79 Å². The number of halogens is 1. The van der Waals surface area contributed by atoms with Gasteiger partial charge in [-0.25, -0.2) is 0 Å². The Bertz CT molecular complexity index is 353. The van der Waals surface area contributed by atoms with Crippen LogP contribution in [0, 0.1) is 6.92 Å². The number of ether oxygens (including phenoxy) is 1. The molecule has 0 saturated heterocycles. The van der Waals surface area contributed by atoms with Crippen molar-refractivity contribution < 1.29 is 9.53 Å². The summed E-state index contributed by atoms with van der Waals surface area (Å²) < 4.78 is 5.34. The van der Waals surface area contributed by atoms with E-state index < -0.39 is 0 Å². The number of rotatable bonds is 4. The first-order valence-electron chi connectivity index (χ1n) is 5.79. The van der Waals surface area contributed by atoms with E-state index in [1.165, 1.54) is 0 Å². The van der Waals surface area contributed by atoms with Gasteiger partial charge in [-0.1, -0.05) is 25.4 Å². The molecule has 0 bridgehead atoms. The van der Waals surface area contributed by atoms with Gasteiger partial charge in [-0.15, -0.1) is 0 Å². The Hall–Kier alpha value is -1.22. The van der Waals surface area contributed by atoms with Crippen LogP contribution in [0.25, 0.3) is 0 Å². The summed E-state index contributed by atoms with van der Waals surface area (Å²) in [5.41, 5.74) is 0.923. The molecule has 0 fully saturated rings. The summed E-state index contributed by atoms with van der Waals surface area (Å²) in [6.07, 6.45) is 0. The molecule has 0 unspecified atom stereocenters. The quantitative estimate of drug-likeness (QED) is 0.900. The summed E-state index contributed by atoms with van der Waals surface area (Å²) in [7, 11) is 0. The lowest BCUT2D eigenvalue weighted by molar-refractivity contribution is -0.122. The monoisotopic (exact) mass is 257 g/mol. The lowest BCUT2D eigenvalue weighted by Gasteiger charge is -2.08. The van der Waals surface area contributed by atoms with Crippen molar-refractivity contribution in [3.05, 3.63) is 28.8 Å². The van der Waals surface area contributed by atoms with Gasteiger partial charge >= 0.3 is 0 Å². The minimum atomic E-state index is -0.119. The largest absolute Gasteiger partial charge is 0.484 e. The van der Waals surface area contributed by atoms with Crippen molar-refractivity contribution in [2.75, 3.05) is 13.2 Å². The van der Waals surface area contributed by atoms with Crippen LogP contribution < -0.4 is 10.1 Å². The summed E-state index contributed by atoms with van der Waals surface area (Å²) in [4.78, 5) is 11.1. The number of hydrogen-bond donors (Lipinski definition) is 1. The van der Waals surface area contributed by atoms with Gasteiger partial charge in [0, 0.05) is 11.6 Å². The van der Waals surface area contributed by atoms with Crippen LogP contribution in [0.5, 0.6) is 5.75 Å². The molecule has 0 radical (unpaired) electrons. The highest BCUT2D eigenvalue weighted by molar-refractivity contribution is 6.30. The van der Waals surface area contributed by atoms with Gasteiger partial charge in [0.25, 0.3) is 5.91 Å². The van der Waals surface area contributed by atoms with E-state index in [1.54, 1.807) is 18.2 Å². The maximum Gasteiger partial charge on any atom is 0.257 e. The van der Waals surface area contributed by atoms with Crippen LogP contribution in [0.3, 0.4) is 0 Å². The summed E-state index contributed by atoms with van der Waals surface area (Å²) >= 11 is 5.79. The molecule has 0 aromatic heterocycles. The van der Waals surface area contributed by atoms with E-state index in [1.807, 2.05) is 27.7 Å². The molecule has 0 aliphatic heterocycles. The van der Waals surface area contributed by atoms with Gasteiger partial charge in [0.15, 0.2) is 6.61 Å². The van der Waals surface area contributed by atoms with Crippen LogP contribution in [0.2, 0.25) is 5.02 Å². The Morgan fingerprint density at radius 1 is 1.41 bits per heavy atom. The summed E-state index contributed by atoms with van der Waals surface area (Å²) in [5.74, 6) is 0.567. The maximum atomic E-state index is 11.1. The molecule has 1 amide bonds. The first-order chi connectivity index (χ1) is 8.13. The van der Waals surface area contributed by atoms with Crippen LogP contribution in [0.1, 0.15) is 26.3 Å². The number of carbonyl (C=O) groups is 1. The van der Waals surface area contributed by atoms with Crippen LogP contribution in [0.15, 0.2) is 18.2 Å². The van der Waals surface area contributed by atoms with E-state index in [2.05, 4.69) is 5.32 Å². The fraction of sp³-hybridized carbons (Fsp3) is 0.462. The second-order valence-corrected chi connectivity index (χ2v) is 3.59. The standard InChI is InChI=1S/C11H14ClNO2.C2H6/c1-3-13-11(14)7-15-10-5-4-9(12)6-8(10)2;1-2/h4-6H,3,7H2,1-2H3,(H,13,14);1-2H3. The maximum absolute atomic E-state index is 11.1. The van der Waals surface area contributed by atoms with Crippen molar-refractivity contribution in [2.24, 2.45) is 0 Å². The Kier molecular flexibility index (Phi) is 8.24. The average molecular weight is 258 g/mol. The molecule has 1 rings (SSSR count). The lowest BCUT2D eigenvalue weighted by atomic mass is 10.2. The Balaban J connectivity index is 0.00000121. The minimum absolute atomic E-state index is 0.0380. The van der Waals surface area contributed by atoms with E-state index >= 15 is 0 Å². The van der Waals surface area contributed by atoms with Gasteiger partial charge in [0.1, 0.15) is 5.75 Å². The number of aryl methyl sites for hydroxylation is 1. The molecule has 3 nitrogen and oxygen atoms in total. The molecular formula is C13H20ClNO2. The van der Waals surface area contributed by atoms with Crippen molar-refractivity contribution >= 4 is 17.5 Å². The van der Waals surface area contributed by atoms with Gasteiger partial charge in [-0.3, -0.25) is 4.79 Å². The number of benzene rings is 1. The van der Waals surface area contributed by atoms with Crippen LogP contribution in [-0.4, -0.2) is 19.1 Å². The minimum Gasteiger partial charge on any atom is -0.484 e. The van der Waals surface area contributed by atoms with Crippen molar-refractivity contribution in [3.63, 3.8) is 0 Å². The van der Waals surface area contributed by atoms with Crippen molar-refractivity contribution in [1.29, 1.82) is 0 Å². The molecule has 0 heterocycles. The second-order valence-electron chi connectivity index (χ2n) is 3.15. The average Bonchev–Trinajstić information content (AvgIpc) is 2.31. The molecule has 0 spiro atoms. The first-order valence-corrected chi connectivity index (χ1v) is 6.17. The number of carbonyl (C=O) groups excluding carboxylic acids is 1. The number of nitrogens with one attached hydrogen (secondary N) is 1. The predicted octanol–water partition coefficient (Wildman–Crippen LogP) is 3.19. The zero-order valence-electron chi connectivity index (χ0n) is 10.8. The van der Waals surface area contributed by atoms with Crippen LogP contribution >= 0.6 is 11.6 Å². The third kappa shape index (κ3) is 6.17. The second kappa shape index (κ2) is 8.88. The molecule has 0 saturated carbocycles. The molecule has 0 aliphatic carbocycles. The van der Waals surface area contributed by atoms with Gasteiger partial charge in [0.05, 0.1) is 0 Å². The predicted molar refractivity (Wildman–Crippen MR) is 71.7 cm³/mol. The third-order valence-corrected chi connectivity index (χ3v) is 2.10. The van der Waals surface area contributed by atoms with E-state index in [4.69, 9.17) is 16.3 Å². The highest BCUT2D eigenvalue weighted by Gasteiger charge is 2.03. The van der Waals surface area contributed by atoms with Gasteiger partial charge < -0.3 is 10.1 Å². The lowest BCUT2D eigenvalue weighted by Crippen LogP contribution is -2.28. The Morgan fingerprint density at radius 3 is 2.59 bits per heavy atom. The van der Waals surface area contributed by atoms with Crippen LogP contribution in [-0.2, 0) is 4.79 Å². The summed E-state index contributed by atoms with van der Waals surface area (Å²) in [6.45, 7) is 8.41. The highest BCUT2D eigenvalue weighted by Crippen LogP contribution is 2.21. The zero-order valence-corrected chi connectivity index (χ0v) is 11.6. The molecule has 1 aromatic carbocycles. The highest BCUT2D eigenvalue weighted by atomic mass is 35.5. The number of amides is 1. The normalized spacial score (nSPS) is 9.00. The SMILES string of the molecule is CC.CCNC(=O)COc1ccc(Cl)cc1C. The molecule has 0 aliphatic rings. The topological polar surface area (TPSA) is 38.3 Å². The molecular weight excluding hydrogens is 238 g/mol. The molecule has 0 atom stereocenters. The fourth-order valence-electron chi connectivity index (χ4n) is 1.17. The van der Waals surface area contributed by atoms with E-state index in [-0.39, 0.29) is 12.5 Å². The first kappa shape index (κ1) is 15.8. The van der Waals surface area contributed by atoms with Gasteiger partial charge in [-0.2, -0.15) is 0 Å². The number of likely N-dealkylation sites (N-methyl/N-ethyl adjacent to an activating group) is 1. The third-order valence-electron chi connectivity index (χ3n) is 1.87.